The number of nitrogens with one attached hydrogen (secondary N) is 1. The second-order valence-electron chi connectivity index (χ2n) is 4.03. The Morgan fingerprint density at radius 2 is 1.85 bits per heavy atom. The number of halogens is 2. The number of hydrogen-bond acceptors (Lipinski definition) is 3. The van der Waals surface area contributed by atoms with Crippen molar-refractivity contribution >= 4 is 28.6 Å². The molecule has 3 nitrogen and oxygen atoms in total. The maximum atomic E-state index is 13.9. The van der Waals surface area contributed by atoms with E-state index in [0.717, 1.165) is 0 Å². The molecule has 6 heteroatoms. The van der Waals surface area contributed by atoms with E-state index in [-0.39, 0.29) is 16.4 Å². The second kappa shape index (κ2) is 5.83. The van der Waals surface area contributed by atoms with E-state index < -0.39 is 11.6 Å². The number of rotatable bonds is 4. The quantitative estimate of drug-likeness (QED) is 0.849. The maximum Gasteiger partial charge on any atom is 0.147 e. The summed E-state index contributed by atoms with van der Waals surface area (Å²) in [5, 5.41) is 2.83. The van der Waals surface area contributed by atoms with Crippen molar-refractivity contribution in [1.29, 1.82) is 0 Å². The van der Waals surface area contributed by atoms with Crippen LogP contribution < -0.4 is 15.8 Å². The minimum absolute atomic E-state index is 0.120. The number of ether oxygens (including phenoxy) is 1. The molecule has 0 aliphatic heterocycles. The minimum Gasteiger partial charge on any atom is -0.494 e. The molecule has 0 aromatic heterocycles. The lowest BCUT2D eigenvalue weighted by Crippen LogP contribution is -2.10. The summed E-state index contributed by atoms with van der Waals surface area (Å²) in [5.41, 5.74) is 6.54. The third kappa shape index (κ3) is 3.03. The Hall–Kier alpha value is -2.21. The summed E-state index contributed by atoms with van der Waals surface area (Å²) in [6.07, 6.45) is 0. The Bertz CT molecular complexity index is 662. The lowest BCUT2D eigenvalue weighted by Gasteiger charge is -2.12. The van der Waals surface area contributed by atoms with Gasteiger partial charge >= 0.3 is 0 Å². The number of benzene rings is 2. The summed E-state index contributed by atoms with van der Waals surface area (Å²) in [5.74, 6) is -0.666. The topological polar surface area (TPSA) is 47.3 Å². The predicted octanol–water partition coefficient (Wildman–Crippen LogP) is 3.35. The summed E-state index contributed by atoms with van der Waals surface area (Å²) in [6, 6.07) is 8.28. The van der Waals surface area contributed by atoms with Crippen molar-refractivity contribution in [2.45, 2.75) is 0 Å². The molecule has 0 saturated heterocycles. The van der Waals surface area contributed by atoms with Gasteiger partial charge in [-0.15, -0.1) is 0 Å². The van der Waals surface area contributed by atoms with Crippen molar-refractivity contribution < 1.29 is 13.5 Å². The summed E-state index contributed by atoms with van der Waals surface area (Å²) in [6.45, 7) is 0. The fourth-order valence-corrected chi connectivity index (χ4v) is 1.81. The highest BCUT2D eigenvalue weighted by Crippen LogP contribution is 2.29. The van der Waals surface area contributed by atoms with Crippen molar-refractivity contribution in [1.82, 2.24) is 0 Å². The van der Waals surface area contributed by atoms with E-state index in [4.69, 9.17) is 22.7 Å². The van der Waals surface area contributed by atoms with Crippen molar-refractivity contribution in [3.05, 3.63) is 53.6 Å². The van der Waals surface area contributed by atoms with Gasteiger partial charge in [-0.25, -0.2) is 8.78 Å². The molecule has 0 bridgehead atoms. The smallest absolute Gasteiger partial charge is 0.147 e. The molecule has 104 valence electrons. The first-order chi connectivity index (χ1) is 9.51. The highest BCUT2D eigenvalue weighted by atomic mass is 32.1. The zero-order chi connectivity index (χ0) is 14.7. The van der Waals surface area contributed by atoms with Gasteiger partial charge in [0.1, 0.15) is 22.4 Å². The molecule has 0 aliphatic rings. The number of thiocarbonyl (C=S) groups is 1. The molecular weight excluding hydrogens is 282 g/mol. The summed E-state index contributed by atoms with van der Waals surface area (Å²) < 4.78 is 32.0. The molecule has 0 fully saturated rings. The Kier molecular flexibility index (Phi) is 4.14. The SMILES string of the molecule is COc1cc(F)ccc1Nc1ccc(C(N)=S)cc1F. The summed E-state index contributed by atoms with van der Waals surface area (Å²) in [7, 11) is 1.41. The third-order valence-corrected chi connectivity index (χ3v) is 2.92. The van der Waals surface area contributed by atoms with Crippen LogP contribution in [0, 0.1) is 11.6 Å². The monoisotopic (exact) mass is 294 g/mol. The Balaban J connectivity index is 2.33. The molecule has 0 heterocycles. The van der Waals surface area contributed by atoms with Crippen molar-refractivity contribution in [2.24, 2.45) is 5.73 Å². The highest BCUT2D eigenvalue weighted by molar-refractivity contribution is 7.80. The van der Waals surface area contributed by atoms with Crippen LogP contribution in [0.3, 0.4) is 0 Å². The molecule has 2 aromatic carbocycles. The van der Waals surface area contributed by atoms with Crippen LogP contribution >= 0.6 is 12.2 Å². The number of hydrogen-bond donors (Lipinski definition) is 2. The van der Waals surface area contributed by atoms with Gasteiger partial charge in [0, 0.05) is 11.6 Å². The first-order valence-electron chi connectivity index (χ1n) is 5.71. The first-order valence-corrected chi connectivity index (χ1v) is 6.12. The first kappa shape index (κ1) is 14.2. The lowest BCUT2D eigenvalue weighted by atomic mass is 10.2. The van der Waals surface area contributed by atoms with Crippen LogP contribution in [-0.4, -0.2) is 12.1 Å². The normalized spacial score (nSPS) is 10.2. The Morgan fingerprint density at radius 3 is 2.45 bits per heavy atom. The van der Waals surface area contributed by atoms with Crippen molar-refractivity contribution in [3.63, 3.8) is 0 Å². The second-order valence-corrected chi connectivity index (χ2v) is 4.47. The van der Waals surface area contributed by atoms with E-state index in [1.165, 1.54) is 37.4 Å². The molecule has 20 heavy (non-hydrogen) atoms. The van der Waals surface area contributed by atoms with Crippen LogP contribution in [-0.2, 0) is 0 Å². The molecule has 0 aliphatic carbocycles. The minimum atomic E-state index is -0.512. The van der Waals surface area contributed by atoms with Gasteiger partial charge < -0.3 is 15.8 Å². The van der Waals surface area contributed by atoms with Gasteiger partial charge in [0.15, 0.2) is 0 Å². The molecule has 0 saturated carbocycles. The van der Waals surface area contributed by atoms with Crippen molar-refractivity contribution in [3.8, 4) is 5.75 Å². The molecule has 0 atom stereocenters. The summed E-state index contributed by atoms with van der Waals surface area (Å²) in [4.78, 5) is 0.120. The van der Waals surface area contributed by atoms with Crippen LogP contribution in [0.2, 0.25) is 0 Å². The lowest BCUT2D eigenvalue weighted by molar-refractivity contribution is 0.413. The van der Waals surface area contributed by atoms with Crippen LogP contribution in [0.4, 0.5) is 20.2 Å². The maximum absolute atomic E-state index is 13.9. The van der Waals surface area contributed by atoms with Crippen LogP contribution in [0.1, 0.15) is 5.56 Å². The number of methoxy groups -OCH3 is 1. The van der Waals surface area contributed by atoms with Crippen LogP contribution in [0.25, 0.3) is 0 Å². The molecular formula is C14H12F2N2OS. The molecule has 2 aromatic rings. The van der Waals surface area contributed by atoms with Gasteiger partial charge in [-0.05, 0) is 30.3 Å². The van der Waals surface area contributed by atoms with Gasteiger partial charge in [-0.2, -0.15) is 0 Å². The van der Waals surface area contributed by atoms with Crippen LogP contribution in [0.5, 0.6) is 5.75 Å². The van der Waals surface area contributed by atoms with Gasteiger partial charge in [-0.3, -0.25) is 0 Å². The summed E-state index contributed by atoms with van der Waals surface area (Å²) >= 11 is 4.78. The molecule has 0 amide bonds. The highest BCUT2D eigenvalue weighted by Gasteiger charge is 2.09. The van der Waals surface area contributed by atoms with E-state index in [0.29, 0.717) is 11.3 Å². The van der Waals surface area contributed by atoms with Crippen LogP contribution in [0.15, 0.2) is 36.4 Å². The predicted molar refractivity (Wildman–Crippen MR) is 78.5 cm³/mol. The largest absolute Gasteiger partial charge is 0.494 e. The molecule has 0 radical (unpaired) electrons. The molecule has 0 unspecified atom stereocenters. The molecule has 2 rings (SSSR count). The standard InChI is InChI=1S/C14H12F2N2OS/c1-19-13-7-9(15)3-5-12(13)18-11-4-2-8(14(17)20)6-10(11)16/h2-7,18H,1H3,(H2,17,20). The fraction of sp³-hybridized carbons (Fsp3) is 0.0714. The van der Waals surface area contributed by atoms with E-state index >= 15 is 0 Å². The van der Waals surface area contributed by atoms with E-state index in [1.807, 2.05) is 0 Å². The van der Waals surface area contributed by atoms with E-state index in [1.54, 1.807) is 6.07 Å². The van der Waals surface area contributed by atoms with E-state index in [2.05, 4.69) is 5.32 Å². The fourth-order valence-electron chi connectivity index (χ4n) is 1.68. The number of nitrogens with two attached hydrogens (primary N) is 1. The zero-order valence-electron chi connectivity index (χ0n) is 10.6. The Morgan fingerprint density at radius 1 is 1.15 bits per heavy atom. The molecule has 0 spiro atoms. The molecule has 3 N–H and O–H groups in total. The zero-order valence-corrected chi connectivity index (χ0v) is 11.4. The Labute approximate surface area is 120 Å². The van der Waals surface area contributed by atoms with Gasteiger partial charge in [0.25, 0.3) is 0 Å². The van der Waals surface area contributed by atoms with E-state index in [9.17, 15) is 8.78 Å². The number of anilines is 2. The average molecular weight is 294 g/mol. The van der Waals surface area contributed by atoms with Gasteiger partial charge in [0.2, 0.25) is 0 Å². The van der Waals surface area contributed by atoms with Crippen molar-refractivity contribution in [2.75, 3.05) is 12.4 Å². The van der Waals surface area contributed by atoms with Gasteiger partial charge in [0.05, 0.1) is 18.5 Å². The third-order valence-electron chi connectivity index (χ3n) is 2.69. The average Bonchev–Trinajstić information content (AvgIpc) is 2.42. The van der Waals surface area contributed by atoms with Gasteiger partial charge in [-0.1, -0.05) is 12.2 Å².